The normalized spacial score (nSPS) is 11.1. The van der Waals surface area contributed by atoms with Gasteiger partial charge in [-0.25, -0.2) is 8.78 Å². The highest BCUT2D eigenvalue weighted by Crippen LogP contribution is 2.28. The summed E-state index contributed by atoms with van der Waals surface area (Å²) in [7, 11) is 0. The Kier molecular flexibility index (Phi) is 4.73. The van der Waals surface area contributed by atoms with E-state index < -0.39 is 11.6 Å². The molecule has 4 heteroatoms. The molecule has 0 aliphatic rings. The first-order valence-electron chi connectivity index (χ1n) is 6.61. The van der Waals surface area contributed by atoms with E-state index in [4.69, 9.17) is 5.73 Å². The van der Waals surface area contributed by atoms with Crippen LogP contribution in [0.3, 0.4) is 0 Å². The van der Waals surface area contributed by atoms with E-state index in [0.717, 1.165) is 17.2 Å². The number of hydrogen-bond donors (Lipinski definition) is 2. The van der Waals surface area contributed by atoms with Crippen molar-refractivity contribution in [2.45, 2.75) is 0 Å². The number of allylic oxidation sites excluding steroid dienone is 4. The van der Waals surface area contributed by atoms with Gasteiger partial charge in [-0.05, 0) is 35.9 Å². The number of benzene rings is 2. The first kappa shape index (κ1) is 15.5. The summed E-state index contributed by atoms with van der Waals surface area (Å²) in [6.07, 6.45) is 5.09. The first-order valence-corrected chi connectivity index (χ1v) is 6.61. The molecule has 0 aliphatic carbocycles. The molecular formula is C18H16F2N2. The summed E-state index contributed by atoms with van der Waals surface area (Å²) in [5.41, 5.74) is 9.09. The number of nitrogen functional groups attached to an aromatic ring is 1. The van der Waals surface area contributed by atoms with E-state index in [1.165, 1.54) is 12.1 Å². The summed E-state index contributed by atoms with van der Waals surface area (Å²) in [4.78, 5) is 0. The fourth-order valence-corrected chi connectivity index (χ4v) is 2.07. The van der Waals surface area contributed by atoms with Gasteiger partial charge in [0.15, 0.2) is 0 Å². The Morgan fingerprint density at radius 3 is 2.27 bits per heavy atom. The van der Waals surface area contributed by atoms with Gasteiger partial charge in [0.05, 0.1) is 0 Å². The Bertz CT molecular complexity index is 728. The molecule has 22 heavy (non-hydrogen) atoms. The second-order valence-electron chi connectivity index (χ2n) is 4.65. The molecule has 2 aromatic rings. The van der Waals surface area contributed by atoms with Gasteiger partial charge in [-0.3, -0.25) is 0 Å². The van der Waals surface area contributed by atoms with E-state index in [9.17, 15) is 8.78 Å². The molecule has 0 heterocycles. The van der Waals surface area contributed by atoms with Gasteiger partial charge in [0.25, 0.3) is 0 Å². The molecule has 0 saturated heterocycles. The van der Waals surface area contributed by atoms with Gasteiger partial charge >= 0.3 is 0 Å². The van der Waals surface area contributed by atoms with Gasteiger partial charge in [-0.2, -0.15) is 0 Å². The van der Waals surface area contributed by atoms with Crippen molar-refractivity contribution >= 4 is 22.6 Å². The molecule has 2 nitrogen and oxygen atoms in total. The van der Waals surface area contributed by atoms with E-state index >= 15 is 0 Å². The number of hydrogen-bond acceptors (Lipinski definition) is 2. The molecule has 0 saturated carbocycles. The zero-order chi connectivity index (χ0) is 16.1. The average molecular weight is 298 g/mol. The lowest BCUT2D eigenvalue weighted by atomic mass is 10.0. The van der Waals surface area contributed by atoms with Crippen molar-refractivity contribution in [3.63, 3.8) is 0 Å². The predicted octanol–water partition coefficient (Wildman–Crippen LogP) is 5.05. The Hall–Kier alpha value is -2.88. The lowest BCUT2D eigenvalue weighted by molar-refractivity contribution is 0.584. The topological polar surface area (TPSA) is 38.0 Å². The fourth-order valence-electron chi connectivity index (χ4n) is 2.07. The van der Waals surface area contributed by atoms with Crippen molar-refractivity contribution in [2.24, 2.45) is 0 Å². The number of halogens is 2. The SMILES string of the molecule is C=C/C=C(\C=C)c1cc(Nc2cc(F)cc(F)c2)ccc1N. The summed E-state index contributed by atoms with van der Waals surface area (Å²) in [6.45, 7) is 7.39. The average Bonchev–Trinajstić information content (AvgIpc) is 2.46. The smallest absolute Gasteiger partial charge is 0.128 e. The largest absolute Gasteiger partial charge is 0.398 e. The van der Waals surface area contributed by atoms with Crippen LogP contribution >= 0.6 is 0 Å². The molecule has 0 fully saturated rings. The van der Waals surface area contributed by atoms with Crippen LogP contribution in [0.4, 0.5) is 25.8 Å². The van der Waals surface area contributed by atoms with Crippen LogP contribution in [0.15, 0.2) is 67.8 Å². The monoisotopic (exact) mass is 298 g/mol. The Morgan fingerprint density at radius 2 is 1.68 bits per heavy atom. The van der Waals surface area contributed by atoms with E-state index in [1.807, 2.05) is 0 Å². The highest BCUT2D eigenvalue weighted by Gasteiger charge is 2.06. The summed E-state index contributed by atoms with van der Waals surface area (Å²) >= 11 is 0. The maximum Gasteiger partial charge on any atom is 0.128 e. The summed E-state index contributed by atoms with van der Waals surface area (Å²) in [5.74, 6) is -1.28. The Morgan fingerprint density at radius 1 is 1.00 bits per heavy atom. The summed E-state index contributed by atoms with van der Waals surface area (Å²) < 4.78 is 26.4. The van der Waals surface area contributed by atoms with Crippen LogP contribution in [0.5, 0.6) is 0 Å². The molecule has 112 valence electrons. The molecule has 0 radical (unpaired) electrons. The van der Waals surface area contributed by atoms with Crippen molar-refractivity contribution in [1.82, 2.24) is 0 Å². The third kappa shape index (κ3) is 3.61. The van der Waals surface area contributed by atoms with Crippen molar-refractivity contribution in [3.8, 4) is 0 Å². The maximum atomic E-state index is 13.2. The standard InChI is InChI=1S/C18H16F2N2/c1-3-5-12(4-2)17-11-15(6-7-18(17)21)22-16-9-13(19)8-14(20)10-16/h3-11,22H,1-2,21H2/b12-5+. The minimum atomic E-state index is -0.642. The van der Waals surface area contributed by atoms with Gasteiger partial charge in [-0.15, -0.1) is 0 Å². The lowest BCUT2D eigenvalue weighted by Gasteiger charge is -2.12. The van der Waals surface area contributed by atoms with Gasteiger partial charge in [0, 0.05) is 28.7 Å². The predicted molar refractivity (Wildman–Crippen MR) is 88.9 cm³/mol. The van der Waals surface area contributed by atoms with Crippen LogP contribution in [0.25, 0.3) is 5.57 Å². The van der Waals surface area contributed by atoms with E-state index in [2.05, 4.69) is 18.5 Å². The van der Waals surface area contributed by atoms with Crippen LogP contribution in [-0.2, 0) is 0 Å². The summed E-state index contributed by atoms with van der Waals surface area (Å²) in [6, 6.07) is 8.49. The van der Waals surface area contributed by atoms with Crippen molar-refractivity contribution in [3.05, 3.63) is 85.0 Å². The van der Waals surface area contributed by atoms with Crippen molar-refractivity contribution in [1.29, 1.82) is 0 Å². The van der Waals surface area contributed by atoms with Crippen LogP contribution in [0.1, 0.15) is 5.56 Å². The zero-order valence-corrected chi connectivity index (χ0v) is 11.9. The molecule has 2 rings (SSSR count). The van der Waals surface area contributed by atoms with Gasteiger partial charge in [0.1, 0.15) is 11.6 Å². The minimum Gasteiger partial charge on any atom is -0.398 e. The van der Waals surface area contributed by atoms with Gasteiger partial charge < -0.3 is 11.1 Å². The second-order valence-corrected chi connectivity index (χ2v) is 4.65. The molecule has 0 aromatic heterocycles. The first-order chi connectivity index (χ1) is 10.5. The van der Waals surface area contributed by atoms with Gasteiger partial charge in [0.2, 0.25) is 0 Å². The van der Waals surface area contributed by atoms with Crippen molar-refractivity contribution in [2.75, 3.05) is 11.1 Å². The van der Waals surface area contributed by atoms with Crippen LogP contribution in [0.2, 0.25) is 0 Å². The second kappa shape index (κ2) is 6.72. The van der Waals surface area contributed by atoms with E-state index in [1.54, 1.807) is 36.4 Å². The molecule has 0 bridgehead atoms. The number of rotatable bonds is 5. The van der Waals surface area contributed by atoms with Crippen LogP contribution in [-0.4, -0.2) is 0 Å². The van der Waals surface area contributed by atoms with Crippen LogP contribution < -0.4 is 11.1 Å². The van der Waals surface area contributed by atoms with E-state index in [0.29, 0.717) is 17.1 Å². The maximum absolute atomic E-state index is 13.2. The lowest BCUT2D eigenvalue weighted by Crippen LogP contribution is -1.97. The highest BCUT2D eigenvalue weighted by atomic mass is 19.1. The molecule has 0 amide bonds. The van der Waals surface area contributed by atoms with Gasteiger partial charge in [-0.1, -0.05) is 31.4 Å². The quantitative estimate of drug-likeness (QED) is 0.599. The third-order valence-electron chi connectivity index (χ3n) is 3.03. The van der Waals surface area contributed by atoms with Crippen molar-refractivity contribution < 1.29 is 8.78 Å². The number of nitrogens with two attached hydrogens (primary N) is 1. The third-order valence-corrected chi connectivity index (χ3v) is 3.03. The zero-order valence-electron chi connectivity index (χ0n) is 11.9. The molecule has 0 spiro atoms. The van der Waals surface area contributed by atoms with Crippen LogP contribution in [0, 0.1) is 11.6 Å². The molecule has 2 aromatic carbocycles. The Balaban J connectivity index is 2.39. The molecule has 0 atom stereocenters. The molecule has 3 N–H and O–H groups in total. The molecule has 0 unspecified atom stereocenters. The fraction of sp³-hybridized carbons (Fsp3) is 0. The number of anilines is 3. The minimum absolute atomic E-state index is 0.320. The summed E-state index contributed by atoms with van der Waals surface area (Å²) in [5, 5.41) is 2.95. The Labute approximate surface area is 128 Å². The van der Waals surface area contributed by atoms with E-state index in [-0.39, 0.29) is 0 Å². The molecule has 0 aliphatic heterocycles. The number of nitrogens with one attached hydrogen (secondary N) is 1. The highest BCUT2D eigenvalue weighted by molar-refractivity contribution is 5.84. The molecular weight excluding hydrogens is 282 g/mol.